The van der Waals surface area contributed by atoms with Crippen molar-refractivity contribution >= 4 is 46.6 Å². The predicted molar refractivity (Wildman–Crippen MR) is 125 cm³/mol. The van der Waals surface area contributed by atoms with E-state index in [-0.39, 0.29) is 6.61 Å². The van der Waals surface area contributed by atoms with Crippen LogP contribution in [0.15, 0.2) is 35.5 Å². The van der Waals surface area contributed by atoms with Crippen LogP contribution in [0.4, 0.5) is 0 Å². The molecule has 2 aromatic carbocycles. The highest BCUT2D eigenvalue weighted by atomic mass is 35.5. The number of nitrogens with one attached hydrogen (secondary N) is 1. The average Bonchev–Trinajstić information content (AvgIpc) is 3.15. The molecule has 1 aromatic heterocycles. The van der Waals surface area contributed by atoms with Crippen molar-refractivity contribution in [3.8, 4) is 11.5 Å². The van der Waals surface area contributed by atoms with Crippen molar-refractivity contribution in [2.45, 2.75) is 24.7 Å². The molecule has 166 valence electrons. The molecule has 11 heteroatoms. The van der Waals surface area contributed by atoms with E-state index >= 15 is 0 Å². The van der Waals surface area contributed by atoms with Crippen molar-refractivity contribution in [1.29, 1.82) is 0 Å². The number of aromatic nitrogens is 4. The van der Waals surface area contributed by atoms with Gasteiger partial charge in [0.2, 0.25) is 5.16 Å². The van der Waals surface area contributed by atoms with Crippen molar-refractivity contribution in [3.63, 3.8) is 0 Å². The van der Waals surface area contributed by atoms with Crippen LogP contribution in [0.1, 0.15) is 17.5 Å². The summed E-state index contributed by atoms with van der Waals surface area (Å²) in [7, 11) is 3.41. The smallest absolute Gasteiger partial charge is 0.209 e. The molecule has 0 aliphatic rings. The lowest BCUT2D eigenvalue weighted by Crippen LogP contribution is -2.15. The summed E-state index contributed by atoms with van der Waals surface area (Å²) in [5.74, 6) is 1.93. The van der Waals surface area contributed by atoms with Crippen molar-refractivity contribution in [2.75, 3.05) is 19.4 Å². The molecule has 0 atom stereocenters. The van der Waals surface area contributed by atoms with Gasteiger partial charge in [0.25, 0.3) is 0 Å². The van der Waals surface area contributed by atoms with Gasteiger partial charge in [0, 0.05) is 35.0 Å². The molecular weight excluding hydrogens is 481 g/mol. The summed E-state index contributed by atoms with van der Waals surface area (Å²) >= 11 is 20.5. The topological polar surface area (TPSA) is 74.1 Å². The van der Waals surface area contributed by atoms with Crippen molar-refractivity contribution in [3.05, 3.63) is 56.5 Å². The lowest BCUT2D eigenvalue weighted by atomic mass is 10.2. The van der Waals surface area contributed by atoms with Crippen LogP contribution in [0.25, 0.3) is 0 Å². The number of thioether (sulfide) groups is 1. The summed E-state index contributed by atoms with van der Waals surface area (Å²) in [5.41, 5.74) is 1.69. The monoisotopic (exact) mass is 501 g/mol. The molecule has 3 rings (SSSR count). The van der Waals surface area contributed by atoms with Crippen molar-refractivity contribution in [2.24, 2.45) is 7.05 Å². The van der Waals surface area contributed by atoms with Gasteiger partial charge >= 0.3 is 0 Å². The van der Waals surface area contributed by atoms with Crippen LogP contribution in [0.3, 0.4) is 0 Å². The third-order valence-corrected chi connectivity index (χ3v) is 6.44. The Kier molecular flexibility index (Phi) is 9.10. The molecule has 1 heterocycles. The van der Waals surface area contributed by atoms with E-state index in [9.17, 15) is 0 Å². The molecule has 1 N–H and O–H groups in total. The second-order valence-electron chi connectivity index (χ2n) is 6.56. The maximum absolute atomic E-state index is 6.47. The third kappa shape index (κ3) is 6.63. The van der Waals surface area contributed by atoms with Gasteiger partial charge in [-0.05, 0) is 53.2 Å². The van der Waals surface area contributed by atoms with Crippen LogP contribution in [0.2, 0.25) is 15.1 Å². The van der Waals surface area contributed by atoms with Gasteiger partial charge < -0.3 is 14.8 Å². The summed E-state index contributed by atoms with van der Waals surface area (Å²) < 4.78 is 13.0. The standard InChI is InChI=1S/C20H22Cl3N5O2S/c1-28-20(25-26-27-28)31-8-4-7-24-11-13-9-17(23)19(18(10-13)29-2)30-12-14-15(21)5-3-6-16(14)22/h3,5-6,9-10,24H,4,7-8,11-12H2,1-2H3. The van der Waals surface area contributed by atoms with E-state index in [1.807, 2.05) is 19.2 Å². The summed E-state index contributed by atoms with van der Waals surface area (Å²) in [6.07, 6.45) is 0.974. The molecule has 7 nitrogen and oxygen atoms in total. The Morgan fingerprint density at radius 1 is 1.13 bits per heavy atom. The highest BCUT2D eigenvalue weighted by molar-refractivity contribution is 7.99. The summed E-state index contributed by atoms with van der Waals surface area (Å²) in [5, 5.41) is 17.1. The second-order valence-corrected chi connectivity index (χ2v) is 8.85. The largest absolute Gasteiger partial charge is 0.493 e. The number of rotatable bonds is 11. The summed E-state index contributed by atoms with van der Waals surface area (Å²) in [4.78, 5) is 0. The molecule has 0 amide bonds. The molecule has 3 aromatic rings. The second kappa shape index (κ2) is 11.8. The van der Waals surface area contributed by atoms with E-state index in [0.29, 0.717) is 38.7 Å². The zero-order valence-corrected chi connectivity index (χ0v) is 20.2. The molecule has 0 radical (unpaired) electrons. The molecule has 0 aliphatic heterocycles. The van der Waals surface area contributed by atoms with E-state index in [2.05, 4.69) is 20.8 Å². The minimum atomic E-state index is 0.185. The molecule has 0 saturated carbocycles. The minimum absolute atomic E-state index is 0.185. The maximum atomic E-state index is 6.47. The highest BCUT2D eigenvalue weighted by Gasteiger charge is 2.14. The Bertz CT molecular complexity index is 998. The minimum Gasteiger partial charge on any atom is -0.493 e. The van der Waals surface area contributed by atoms with Crippen LogP contribution in [-0.2, 0) is 20.2 Å². The average molecular weight is 503 g/mol. The van der Waals surface area contributed by atoms with E-state index in [1.165, 1.54) is 0 Å². The lowest BCUT2D eigenvalue weighted by Gasteiger charge is -2.15. The molecular formula is C20H22Cl3N5O2S. The molecule has 0 unspecified atom stereocenters. The van der Waals surface area contributed by atoms with Gasteiger partial charge in [-0.1, -0.05) is 52.6 Å². The van der Waals surface area contributed by atoms with Gasteiger partial charge in [0.05, 0.1) is 12.1 Å². The van der Waals surface area contributed by atoms with Crippen LogP contribution in [-0.4, -0.2) is 39.6 Å². The molecule has 0 aliphatic carbocycles. The Labute approximate surface area is 200 Å². The number of halogens is 3. The molecule has 31 heavy (non-hydrogen) atoms. The molecule has 0 bridgehead atoms. The Balaban J connectivity index is 1.52. The number of hydrogen-bond acceptors (Lipinski definition) is 7. The number of ether oxygens (including phenoxy) is 2. The molecule has 0 saturated heterocycles. The summed E-state index contributed by atoms with van der Waals surface area (Å²) in [6.45, 7) is 1.69. The van der Waals surface area contributed by atoms with E-state index in [1.54, 1.807) is 41.8 Å². The summed E-state index contributed by atoms with van der Waals surface area (Å²) in [6, 6.07) is 9.09. The van der Waals surface area contributed by atoms with Crippen molar-refractivity contribution < 1.29 is 9.47 Å². The Morgan fingerprint density at radius 2 is 1.90 bits per heavy atom. The van der Waals surface area contributed by atoms with Gasteiger partial charge in [-0.2, -0.15) is 0 Å². The first-order valence-corrected chi connectivity index (χ1v) is 11.6. The first kappa shape index (κ1) is 23.9. The van der Waals surface area contributed by atoms with Crippen LogP contribution >= 0.6 is 46.6 Å². The van der Waals surface area contributed by atoms with Crippen LogP contribution in [0, 0.1) is 0 Å². The Morgan fingerprint density at radius 3 is 2.58 bits per heavy atom. The van der Waals surface area contributed by atoms with E-state index < -0.39 is 0 Å². The van der Waals surface area contributed by atoms with Gasteiger partial charge in [-0.15, -0.1) is 5.10 Å². The fourth-order valence-corrected chi connectivity index (χ4v) is 4.35. The molecule has 0 spiro atoms. The maximum Gasteiger partial charge on any atom is 0.209 e. The number of benzene rings is 2. The van der Waals surface area contributed by atoms with Crippen molar-refractivity contribution in [1.82, 2.24) is 25.5 Å². The van der Waals surface area contributed by atoms with Gasteiger partial charge in [-0.3, -0.25) is 0 Å². The zero-order valence-electron chi connectivity index (χ0n) is 17.1. The first-order valence-electron chi connectivity index (χ1n) is 9.47. The molecule has 0 fully saturated rings. The quantitative estimate of drug-likeness (QED) is 0.291. The number of methoxy groups -OCH3 is 1. The van der Waals surface area contributed by atoms with Crippen LogP contribution < -0.4 is 14.8 Å². The fraction of sp³-hybridized carbons (Fsp3) is 0.350. The van der Waals surface area contributed by atoms with E-state index in [0.717, 1.165) is 29.4 Å². The number of nitrogens with zero attached hydrogens (tertiary/aromatic N) is 4. The normalized spacial score (nSPS) is 11.0. The van der Waals surface area contributed by atoms with E-state index in [4.69, 9.17) is 44.3 Å². The highest BCUT2D eigenvalue weighted by Crippen LogP contribution is 2.38. The zero-order chi connectivity index (χ0) is 22.2. The van der Waals surface area contributed by atoms with Crippen LogP contribution in [0.5, 0.6) is 11.5 Å². The fourth-order valence-electron chi connectivity index (χ4n) is 2.77. The lowest BCUT2D eigenvalue weighted by molar-refractivity contribution is 0.284. The number of tetrazole rings is 1. The third-order valence-electron chi connectivity index (χ3n) is 4.35. The SMILES string of the molecule is COc1cc(CNCCCSc2nnnn2C)cc(Cl)c1OCc1c(Cl)cccc1Cl. The number of aryl methyl sites for hydroxylation is 1. The first-order chi connectivity index (χ1) is 15.0. The van der Waals surface area contributed by atoms with Gasteiger partial charge in [0.15, 0.2) is 11.5 Å². The van der Waals surface area contributed by atoms with Gasteiger partial charge in [0.1, 0.15) is 6.61 Å². The predicted octanol–water partition coefficient (Wildman–Crippen LogP) is 5.03. The van der Waals surface area contributed by atoms with Gasteiger partial charge in [-0.25, -0.2) is 4.68 Å². The Hall–Kier alpha value is -1.71. The number of hydrogen-bond donors (Lipinski definition) is 1.